The molecule has 0 N–H and O–H groups in total. The zero-order valence-electron chi connectivity index (χ0n) is 13.8. The first-order valence-electron chi connectivity index (χ1n) is 7.51. The normalized spacial score (nSPS) is 10.5. The molecule has 24 heavy (non-hydrogen) atoms. The minimum atomic E-state index is -0.370. The largest absolute Gasteiger partial charge is 0.497 e. The van der Waals surface area contributed by atoms with Crippen molar-refractivity contribution >= 4 is 16.7 Å². The van der Waals surface area contributed by atoms with Gasteiger partial charge >= 0.3 is 5.97 Å². The molecule has 3 aromatic carbocycles. The minimum absolute atomic E-state index is 0.370. The Morgan fingerprint density at radius 2 is 1.42 bits per heavy atom. The topological polar surface area (TPSA) is 44.8 Å². The van der Waals surface area contributed by atoms with E-state index in [-0.39, 0.29) is 5.97 Å². The molecular weight excluding hydrogens is 304 g/mol. The molecule has 0 saturated carbocycles. The molecule has 0 fully saturated rings. The van der Waals surface area contributed by atoms with E-state index in [2.05, 4.69) is 0 Å². The van der Waals surface area contributed by atoms with Gasteiger partial charge in [0, 0.05) is 0 Å². The second kappa shape index (κ2) is 6.62. The number of methoxy groups -OCH3 is 3. The number of hydrogen-bond acceptors (Lipinski definition) is 4. The van der Waals surface area contributed by atoms with Crippen LogP contribution in [0.25, 0.3) is 21.9 Å². The molecule has 3 rings (SSSR count). The van der Waals surface area contributed by atoms with Crippen molar-refractivity contribution in [2.75, 3.05) is 21.3 Å². The molecule has 0 bridgehead atoms. The Morgan fingerprint density at radius 3 is 2.04 bits per heavy atom. The van der Waals surface area contributed by atoms with Gasteiger partial charge in [0.25, 0.3) is 0 Å². The van der Waals surface area contributed by atoms with Gasteiger partial charge in [0.15, 0.2) is 0 Å². The number of carbonyl (C=O) groups is 1. The zero-order valence-corrected chi connectivity index (χ0v) is 13.8. The summed E-state index contributed by atoms with van der Waals surface area (Å²) in [5.41, 5.74) is 2.26. The lowest BCUT2D eigenvalue weighted by molar-refractivity contribution is 0.0602. The molecule has 0 radical (unpaired) electrons. The van der Waals surface area contributed by atoms with Crippen molar-refractivity contribution < 1.29 is 19.0 Å². The van der Waals surface area contributed by atoms with Gasteiger partial charge in [-0.25, -0.2) is 4.79 Å². The van der Waals surface area contributed by atoms with E-state index in [4.69, 9.17) is 14.2 Å². The third-order valence-corrected chi connectivity index (χ3v) is 3.99. The first-order valence-corrected chi connectivity index (χ1v) is 7.51. The van der Waals surface area contributed by atoms with Crippen molar-refractivity contribution in [3.63, 3.8) is 0 Å². The van der Waals surface area contributed by atoms with Gasteiger partial charge in [-0.1, -0.05) is 18.2 Å². The van der Waals surface area contributed by atoms with Crippen LogP contribution in [0, 0.1) is 0 Å². The first-order chi connectivity index (χ1) is 11.7. The fraction of sp³-hybridized carbons (Fsp3) is 0.150. The Bertz CT molecular complexity index is 882. The quantitative estimate of drug-likeness (QED) is 0.671. The lowest BCUT2D eigenvalue weighted by atomic mass is 9.95. The molecule has 122 valence electrons. The number of fused-ring (bicyclic) bond motifs is 1. The van der Waals surface area contributed by atoms with Crippen LogP contribution in [0.2, 0.25) is 0 Å². The van der Waals surface area contributed by atoms with Crippen molar-refractivity contribution in [2.45, 2.75) is 0 Å². The van der Waals surface area contributed by atoms with Crippen LogP contribution in [0.3, 0.4) is 0 Å². The minimum Gasteiger partial charge on any atom is -0.497 e. The Labute approximate surface area is 140 Å². The Kier molecular flexibility index (Phi) is 4.38. The van der Waals surface area contributed by atoms with Crippen LogP contribution in [0.1, 0.15) is 10.4 Å². The smallest absolute Gasteiger partial charge is 0.338 e. The summed E-state index contributed by atoms with van der Waals surface area (Å²) >= 11 is 0. The number of carbonyl (C=O) groups excluding carboxylic acids is 1. The summed E-state index contributed by atoms with van der Waals surface area (Å²) in [6.07, 6.45) is 0. The van der Waals surface area contributed by atoms with Crippen molar-refractivity contribution in [3.05, 3.63) is 60.2 Å². The molecule has 3 aromatic rings. The summed E-state index contributed by atoms with van der Waals surface area (Å²) in [7, 11) is 4.63. The Balaban J connectivity index is 2.21. The fourth-order valence-electron chi connectivity index (χ4n) is 2.69. The third kappa shape index (κ3) is 2.91. The summed E-state index contributed by atoms with van der Waals surface area (Å²) in [4.78, 5) is 12.3. The van der Waals surface area contributed by atoms with Crippen LogP contribution in [0.5, 0.6) is 11.5 Å². The molecule has 0 spiro atoms. The summed E-state index contributed by atoms with van der Waals surface area (Å²) in [5, 5.41) is 1.95. The maximum Gasteiger partial charge on any atom is 0.338 e. The molecule has 0 aliphatic heterocycles. The molecule has 0 saturated heterocycles. The van der Waals surface area contributed by atoms with Crippen LogP contribution < -0.4 is 9.47 Å². The number of hydrogen-bond donors (Lipinski definition) is 0. The van der Waals surface area contributed by atoms with E-state index in [9.17, 15) is 4.79 Å². The summed E-state index contributed by atoms with van der Waals surface area (Å²) in [6, 6.07) is 17.2. The molecule has 0 aliphatic carbocycles. The van der Waals surface area contributed by atoms with E-state index in [1.54, 1.807) is 14.2 Å². The number of benzene rings is 3. The second-order valence-corrected chi connectivity index (χ2v) is 5.33. The van der Waals surface area contributed by atoms with Gasteiger partial charge in [-0.05, 0) is 58.3 Å². The van der Waals surface area contributed by atoms with Gasteiger partial charge in [0.05, 0.1) is 26.9 Å². The van der Waals surface area contributed by atoms with E-state index < -0.39 is 0 Å². The lowest BCUT2D eigenvalue weighted by Gasteiger charge is -2.12. The molecule has 0 unspecified atom stereocenters. The summed E-state index contributed by atoms with van der Waals surface area (Å²) < 4.78 is 15.4. The van der Waals surface area contributed by atoms with Crippen molar-refractivity contribution in [2.24, 2.45) is 0 Å². The predicted octanol–water partition coefficient (Wildman–Crippen LogP) is 4.31. The van der Waals surface area contributed by atoms with Crippen LogP contribution >= 0.6 is 0 Å². The number of ether oxygens (including phenoxy) is 3. The van der Waals surface area contributed by atoms with E-state index in [1.165, 1.54) is 7.11 Å². The van der Waals surface area contributed by atoms with Crippen LogP contribution in [-0.2, 0) is 4.74 Å². The van der Waals surface area contributed by atoms with E-state index in [0.717, 1.165) is 33.4 Å². The SMILES string of the molecule is COC(=O)c1cc2cc(OC)ccc2cc1-c1ccc(OC)cc1. The molecule has 4 heteroatoms. The fourth-order valence-corrected chi connectivity index (χ4v) is 2.69. The van der Waals surface area contributed by atoms with Gasteiger partial charge in [0.2, 0.25) is 0 Å². The van der Waals surface area contributed by atoms with E-state index in [1.807, 2.05) is 54.6 Å². The maximum absolute atomic E-state index is 12.3. The summed E-state index contributed by atoms with van der Waals surface area (Å²) in [5.74, 6) is 1.14. The van der Waals surface area contributed by atoms with Crippen LogP contribution in [-0.4, -0.2) is 27.3 Å². The zero-order chi connectivity index (χ0) is 17.1. The maximum atomic E-state index is 12.3. The second-order valence-electron chi connectivity index (χ2n) is 5.33. The van der Waals surface area contributed by atoms with Crippen LogP contribution in [0.4, 0.5) is 0 Å². The molecule has 4 nitrogen and oxygen atoms in total. The number of esters is 1. The summed E-state index contributed by atoms with van der Waals surface area (Å²) in [6.45, 7) is 0. The van der Waals surface area contributed by atoms with Crippen molar-refractivity contribution in [3.8, 4) is 22.6 Å². The predicted molar refractivity (Wildman–Crippen MR) is 93.8 cm³/mol. The van der Waals surface area contributed by atoms with E-state index >= 15 is 0 Å². The van der Waals surface area contributed by atoms with Gasteiger partial charge in [-0.3, -0.25) is 0 Å². The lowest BCUT2D eigenvalue weighted by Crippen LogP contribution is -2.04. The highest BCUT2D eigenvalue weighted by Crippen LogP contribution is 2.32. The Morgan fingerprint density at radius 1 is 0.750 bits per heavy atom. The van der Waals surface area contributed by atoms with Gasteiger partial charge in [0.1, 0.15) is 11.5 Å². The standard InChI is InChI=1S/C20H18O4/c1-22-16-7-4-13(5-8-16)18-11-14-6-9-17(23-2)10-15(14)12-19(18)20(21)24-3/h4-12H,1-3H3. The average molecular weight is 322 g/mol. The van der Waals surface area contributed by atoms with Crippen molar-refractivity contribution in [1.82, 2.24) is 0 Å². The molecule has 0 atom stereocenters. The first kappa shape index (κ1) is 15.9. The highest BCUT2D eigenvalue weighted by molar-refractivity contribution is 6.03. The molecule has 0 amide bonds. The number of rotatable bonds is 4. The molecular formula is C20H18O4. The highest BCUT2D eigenvalue weighted by atomic mass is 16.5. The third-order valence-electron chi connectivity index (χ3n) is 3.99. The van der Waals surface area contributed by atoms with Gasteiger partial charge in [-0.2, -0.15) is 0 Å². The highest BCUT2D eigenvalue weighted by Gasteiger charge is 2.15. The molecule has 0 aliphatic rings. The van der Waals surface area contributed by atoms with Gasteiger partial charge in [-0.15, -0.1) is 0 Å². The monoisotopic (exact) mass is 322 g/mol. The van der Waals surface area contributed by atoms with Crippen LogP contribution in [0.15, 0.2) is 54.6 Å². The molecule has 0 aromatic heterocycles. The van der Waals surface area contributed by atoms with Gasteiger partial charge < -0.3 is 14.2 Å². The molecule has 0 heterocycles. The van der Waals surface area contributed by atoms with E-state index in [0.29, 0.717) is 5.56 Å². The Hall–Kier alpha value is -3.01. The van der Waals surface area contributed by atoms with Crippen molar-refractivity contribution in [1.29, 1.82) is 0 Å². The average Bonchev–Trinajstić information content (AvgIpc) is 2.65.